The van der Waals surface area contributed by atoms with Crippen LogP contribution in [0.25, 0.3) is 0 Å². The lowest BCUT2D eigenvalue weighted by Gasteiger charge is -2.02. The topological polar surface area (TPSA) is 41.5 Å². The van der Waals surface area contributed by atoms with Crippen molar-refractivity contribution >= 4 is 0 Å². The molecular weight excluding hydrogens is 190 g/mol. The summed E-state index contributed by atoms with van der Waals surface area (Å²) in [6.07, 6.45) is 0.792. The quantitative estimate of drug-likeness (QED) is 0.578. The lowest BCUT2D eigenvalue weighted by molar-refractivity contribution is 0.406. The van der Waals surface area contributed by atoms with Gasteiger partial charge in [0.2, 0.25) is 0 Å². The molecule has 0 heterocycles. The summed E-state index contributed by atoms with van der Waals surface area (Å²) in [5, 5.41) is 12.3. The van der Waals surface area contributed by atoms with Gasteiger partial charge in [-0.1, -0.05) is 11.8 Å². The van der Waals surface area contributed by atoms with Crippen LogP contribution in [0, 0.1) is 11.8 Å². The summed E-state index contributed by atoms with van der Waals surface area (Å²) in [7, 11) is 3.45. The van der Waals surface area contributed by atoms with E-state index in [-0.39, 0.29) is 5.75 Å². The third kappa shape index (κ3) is 3.53. The molecule has 0 aliphatic rings. The predicted octanol–water partition coefficient (Wildman–Crippen LogP) is 1.36. The molecule has 3 heteroatoms. The molecule has 0 aliphatic heterocycles. The van der Waals surface area contributed by atoms with Gasteiger partial charge in [-0.2, -0.15) is 0 Å². The fourth-order valence-electron chi connectivity index (χ4n) is 1.13. The standard InChI is InChI=1S/C12H15NO2/c1-13-8-4-3-5-10-6-7-11(14)9-12(10)15-2/h6-7,9,13-14H,4,8H2,1-2H3. The number of phenolic OH excluding ortho intramolecular Hbond substituents is 1. The summed E-state index contributed by atoms with van der Waals surface area (Å²) in [6, 6.07) is 4.91. The molecule has 15 heavy (non-hydrogen) atoms. The van der Waals surface area contributed by atoms with Crippen LogP contribution in [0.4, 0.5) is 0 Å². The number of aromatic hydroxyl groups is 1. The number of phenols is 1. The first-order valence-electron chi connectivity index (χ1n) is 4.78. The van der Waals surface area contributed by atoms with Gasteiger partial charge in [0.25, 0.3) is 0 Å². The van der Waals surface area contributed by atoms with E-state index in [0.717, 1.165) is 18.5 Å². The van der Waals surface area contributed by atoms with Crippen LogP contribution in [0.5, 0.6) is 11.5 Å². The molecule has 0 unspecified atom stereocenters. The Labute approximate surface area is 90.1 Å². The molecule has 0 bridgehead atoms. The second-order valence-corrected chi connectivity index (χ2v) is 3.04. The van der Waals surface area contributed by atoms with Crippen molar-refractivity contribution in [3.05, 3.63) is 23.8 Å². The van der Waals surface area contributed by atoms with Gasteiger partial charge in [-0.3, -0.25) is 0 Å². The van der Waals surface area contributed by atoms with Crippen LogP contribution < -0.4 is 10.1 Å². The lowest BCUT2D eigenvalue weighted by atomic mass is 10.2. The van der Waals surface area contributed by atoms with Crippen LogP contribution in [-0.2, 0) is 0 Å². The van der Waals surface area contributed by atoms with Crippen molar-refractivity contribution in [3.8, 4) is 23.3 Å². The van der Waals surface area contributed by atoms with Gasteiger partial charge in [0.15, 0.2) is 0 Å². The molecular formula is C12H15NO2. The Morgan fingerprint density at radius 2 is 2.27 bits per heavy atom. The van der Waals surface area contributed by atoms with Gasteiger partial charge in [-0.15, -0.1) is 0 Å². The molecule has 0 amide bonds. The predicted molar refractivity (Wildman–Crippen MR) is 60.1 cm³/mol. The van der Waals surface area contributed by atoms with Gasteiger partial charge >= 0.3 is 0 Å². The first kappa shape index (κ1) is 11.4. The number of methoxy groups -OCH3 is 1. The van der Waals surface area contributed by atoms with Crippen LogP contribution in [0.15, 0.2) is 18.2 Å². The Kier molecular flexibility index (Phi) is 4.52. The number of nitrogens with one attached hydrogen (secondary N) is 1. The lowest BCUT2D eigenvalue weighted by Crippen LogP contribution is -2.05. The highest BCUT2D eigenvalue weighted by atomic mass is 16.5. The maximum atomic E-state index is 9.24. The maximum absolute atomic E-state index is 9.24. The zero-order chi connectivity index (χ0) is 11.1. The van der Waals surface area contributed by atoms with Crippen molar-refractivity contribution in [2.75, 3.05) is 20.7 Å². The van der Waals surface area contributed by atoms with E-state index in [1.54, 1.807) is 25.3 Å². The molecule has 1 aromatic carbocycles. The average molecular weight is 205 g/mol. The molecule has 0 aliphatic carbocycles. The van der Waals surface area contributed by atoms with Crippen LogP contribution in [0.2, 0.25) is 0 Å². The zero-order valence-electron chi connectivity index (χ0n) is 9.00. The van der Waals surface area contributed by atoms with E-state index < -0.39 is 0 Å². The summed E-state index contributed by atoms with van der Waals surface area (Å²) in [5.41, 5.74) is 0.798. The molecule has 0 atom stereocenters. The highest BCUT2D eigenvalue weighted by Gasteiger charge is 2.00. The van der Waals surface area contributed by atoms with E-state index in [9.17, 15) is 5.11 Å². The number of hydrogen-bond acceptors (Lipinski definition) is 3. The summed E-state index contributed by atoms with van der Waals surface area (Å²) in [6.45, 7) is 0.868. The molecule has 1 rings (SSSR count). The molecule has 0 fully saturated rings. The van der Waals surface area contributed by atoms with E-state index in [4.69, 9.17) is 4.74 Å². The first-order valence-corrected chi connectivity index (χ1v) is 4.78. The van der Waals surface area contributed by atoms with Gasteiger partial charge in [-0.05, 0) is 19.2 Å². The third-order valence-electron chi connectivity index (χ3n) is 1.91. The van der Waals surface area contributed by atoms with Gasteiger partial charge in [0, 0.05) is 19.0 Å². The smallest absolute Gasteiger partial charge is 0.138 e. The highest BCUT2D eigenvalue weighted by molar-refractivity contribution is 5.49. The molecule has 0 radical (unpaired) electrons. The highest BCUT2D eigenvalue weighted by Crippen LogP contribution is 2.22. The SMILES string of the molecule is CNCCC#Cc1ccc(O)cc1OC. The second kappa shape index (κ2) is 5.94. The molecule has 2 N–H and O–H groups in total. The fraction of sp³-hybridized carbons (Fsp3) is 0.333. The molecule has 0 saturated carbocycles. The van der Waals surface area contributed by atoms with Crippen molar-refractivity contribution in [1.29, 1.82) is 0 Å². The van der Waals surface area contributed by atoms with Crippen LogP contribution in [-0.4, -0.2) is 25.8 Å². The largest absolute Gasteiger partial charge is 0.508 e. The molecule has 0 spiro atoms. The Balaban J connectivity index is 2.78. The van der Waals surface area contributed by atoms with Crippen molar-refractivity contribution in [1.82, 2.24) is 5.32 Å². The van der Waals surface area contributed by atoms with E-state index >= 15 is 0 Å². The summed E-state index contributed by atoms with van der Waals surface area (Å²) < 4.78 is 5.11. The second-order valence-electron chi connectivity index (χ2n) is 3.04. The monoisotopic (exact) mass is 205 g/mol. The number of ether oxygens (including phenoxy) is 1. The van der Waals surface area contributed by atoms with Crippen LogP contribution in [0.3, 0.4) is 0 Å². The molecule has 1 aromatic rings. The van der Waals surface area contributed by atoms with Gasteiger partial charge in [0.05, 0.1) is 12.7 Å². The Morgan fingerprint density at radius 1 is 1.47 bits per heavy atom. The molecule has 80 valence electrons. The van der Waals surface area contributed by atoms with Crippen molar-refractivity contribution in [2.45, 2.75) is 6.42 Å². The maximum Gasteiger partial charge on any atom is 0.138 e. The first-order chi connectivity index (χ1) is 7.27. The third-order valence-corrected chi connectivity index (χ3v) is 1.91. The number of benzene rings is 1. The summed E-state index contributed by atoms with van der Waals surface area (Å²) in [4.78, 5) is 0. The van der Waals surface area contributed by atoms with Crippen molar-refractivity contribution in [3.63, 3.8) is 0 Å². The summed E-state index contributed by atoms with van der Waals surface area (Å²) >= 11 is 0. The van der Waals surface area contributed by atoms with Gasteiger partial charge in [-0.25, -0.2) is 0 Å². The Morgan fingerprint density at radius 3 is 2.93 bits per heavy atom. The number of hydrogen-bond donors (Lipinski definition) is 2. The fourth-order valence-corrected chi connectivity index (χ4v) is 1.13. The van der Waals surface area contributed by atoms with E-state index in [1.165, 1.54) is 0 Å². The van der Waals surface area contributed by atoms with E-state index in [1.807, 2.05) is 7.05 Å². The minimum Gasteiger partial charge on any atom is -0.508 e. The zero-order valence-corrected chi connectivity index (χ0v) is 9.00. The van der Waals surface area contributed by atoms with E-state index in [0.29, 0.717) is 5.75 Å². The molecule has 0 saturated heterocycles. The molecule has 0 aromatic heterocycles. The van der Waals surface area contributed by atoms with Crippen LogP contribution in [0.1, 0.15) is 12.0 Å². The molecule has 3 nitrogen and oxygen atoms in total. The van der Waals surface area contributed by atoms with Crippen molar-refractivity contribution in [2.24, 2.45) is 0 Å². The summed E-state index contributed by atoms with van der Waals surface area (Å²) in [5.74, 6) is 6.81. The minimum atomic E-state index is 0.188. The van der Waals surface area contributed by atoms with Gasteiger partial charge < -0.3 is 15.2 Å². The van der Waals surface area contributed by atoms with Crippen molar-refractivity contribution < 1.29 is 9.84 Å². The van der Waals surface area contributed by atoms with E-state index in [2.05, 4.69) is 17.2 Å². The van der Waals surface area contributed by atoms with Crippen LogP contribution >= 0.6 is 0 Å². The number of rotatable bonds is 3. The minimum absolute atomic E-state index is 0.188. The van der Waals surface area contributed by atoms with Gasteiger partial charge in [0.1, 0.15) is 11.5 Å². The average Bonchev–Trinajstić information content (AvgIpc) is 2.26. The Bertz CT molecular complexity index is 377. The Hall–Kier alpha value is -1.66. The normalized spacial score (nSPS) is 9.20.